The van der Waals surface area contributed by atoms with Crippen LogP contribution in [0.5, 0.6) is 0 Å². The summed E-state index contributed by atoms with van der Waals surface area (Å²) >= 11 is 0. The Bertz CT molecular complexity index is 1200. The molecule has 3 aromatic carbocycles. The maximum atomic E-state index is 13.8. The van der Waals surface area contributed by atoms with Crippen LogP contribution in [0.2, 0.25) is 0 Å². The summed E-state index contributed by atoms with van der Waals surface area (Å²) in [5.74, 6) is 0.464. The van der Waals surface area contributed by atoms with Crippen LogP contribution in [0.1, 0.15) is 48.8 Å². The van der Waals surface area contributed by atoms with Gasteiger partial charge in [-0.05, 0) is 79.1 Å². The molecule has 1 fully saturated rings. The van der Waals surface area contributed by atoms with Gasteiger partial charge in [0.05, 0.1) is 12.6 Å². The molecule has 33 heavy (non-hydrogen) atoms. The van der Waals surface area contributed by atoms with E-state index in [0.29, 0.717) is 18.9 Å². The zero-order valence-corrected chi connectivity index (χ0v) is 19.3. The zero-order chi connectivity index (χ0) is 22.9. The molecular weight excluding hydrogens is 410 g/mol. The number of fused-ring (bicyclic) bond motifs is 2. The molecule has 0 radical (unpaired) electrons. The fourth-order valence-corrected chi connectivity index (χ4v) is 4.88. The molecule has 0 spiro atoms. The van der Waals surface area contributed by atoms with Gasteiger partial charge in [0, 0.05) is 5.69 Å². The smallest absolute Gasteiger partial charge is 0.249 e. The highest BCUT2D eigenvalue weighted by Gasteiger charge is 2.33. The summed E-state index contributed by atoms with van der Waals surface area (Å²) in [6, 6.07) is 20.2. The van der Waals surface area contributed by atoms with E-state index < -0.39 is 6.04 Å². The van der Waals surface area contributed by atoms with Crippen LogP contribution in [0.3, 0.4) is 0 Å². The quantitative estimate of drug-likeness (QED) is 0.600. The number of aryl methyl sites for hydroxylation is 1. The minimum atomic E-state index is -0.544. The van der Waals surface area contributed by atoms with E-state index in [1.807, 2.05) is 23.1 Å². The molecule has 1 heterocycles. The monoisotopic (exact) mass is 441 g/mol. The van der Waals surface area contributed by atoms with Crippen LogP contribution in [-0.4, -0.2) is 30.9 Å². The molecular formula is C28H31N3O2. The minimum Gasteiger partial charge on any atom is -0.343 e. The average Bonchev–Trinajstić information content (AvgIpc) is 3.70. The van der Waals surface area contributed by atoms with Gasteiger partial charge >= 0.3 is 0 Å². The van der Waals surface area contributed by atoms with Crippen LogP contribution >= 0.6 is 0 Å². The highest BCUT2D eigenvalue weighted by molar-refractivity contribution is 6.01. The summed E-state index contributed by atoms with van der Waals surface area (Å²) < 4.78 is 0. The first kappa shape index (κ1) is 21.7. The molecule has 2 N–H and O–H groups in total. The lowest BCUT2D eigenvalue weighted by Gasteiger charge is -2.27. The van der Waals surface area contributed by atoms with Gasteiger partial charge in [-0.3, -0.25) is 9.59 Å². The second-order valence-electron chi connectivity index (χ2n) is 9.30. The first-order chi connectivity index (χ1) is 16.1. The molecule has 5 rings (SSSR count). The molecule has 0 unspecified atom stereocenters. The normalized spacial score (nSPS) is 19.2. The van der Waals surface area contributed by atoms with Crippen molar-refractivity contribution in [2.24, 2.45) is 0 Å². The molecule has 170 valence electrons. The van der Waals surface area contributed by atoms with E-state index >= 15 is 0 Å². The minimum absolute atomic E-state index is 0.0491. The fourth-order valence-electron chi connectivity index (χ4n) is 4.88. The maximum absolute atomic E-state index is 13.8. The number of anilines is 1. The van der Waals surface area contributed by atoms with E-state index in [0.717, 1.165) is 23.2 Å². The van der Waals surface area contributed by atoms with Gasteiger partial charge in [0.15, 0.2) is 0 Å². The molecule has 1 saturated carbocycles. The number of carbonyl (C=O) groups excluding carboxylic acids is 2. The highest BCUT2D eigenvalue weighted by atomic mass is 16.2. The molecule has 2 amide bonds. The van der Waals surface area contributed by atoms with Crippen molar-refractivity contribution in [2.45, 2.75) is 57.2 Å². The van der Waals surface area contributed by atoms with Gasteiger partial charge < -0.3 is 15.5 Å². The molecule has 0 bridgehead atoms. The first-order valence-electron chi connectivity index (χ1n) is 11.9. The number of amides is 2. The number of hydrogen-bond donors (Lipinski definition) is 2. The fraction of sp³-hybridized carbons (Fsp3) is 0.357. The average molecular weight is 442 g/mol. The Morgan fingerprint density at radius 2 is 1.73 bits per heavy atom. The van der Waals surface area contributed by atoms with E-state index in [9.17, 15) is 9.59 Å². The van der Waals surface area contributed by atoms with Crippen molar-refractivity contribution >= 4 is 28.3 Å². The third kappa shape index (κ3) is 4.25. The van der Waals surface area contributed by atoms with Crippen LogP contribution in [0.15, 0.2) is 60.7 Å². The Morgan fingerprint density at radius 3 is 2.48 bits per heavy atom. The predicted octanol–water partition coefficient (Wildman–Crippen LogP) is 4.29. The summed E-state index contributed by atoms with van der Waals surface area (Å²) in [4.78, 5) is 28.2. The Morgan fingerprint density at radius 1 is 1.00 bits per heavy atom. The van der Waals surface area contributed by atoms with Gasteiger partial charge in [-0.25, -0.2) is 0 Å². The Balaban J connectivity index is 1.52. The summed E-state index contributed by atoms with van der Waals surface area (Å²) in [5, 5.41) is 8.44. The molecule has 2 aliphatic rings. The highest BCUT2D eigenvalue weighted by Crippen LogP contribution is 2.44. The first-order valence-corrected chi connectivity index (χ1v) is 11.9. The standard InChI is InChI=1S/C28H31N3O2/c1-18(29-2)27(32)30-25-16-14-20-7-3-6-10-26(20)31(28(25)33)17-21-13-15-23(19-11-12-19)24-9-5-4-8-22(21)24/h3-10,13,15,18-19,25,29H,11-12,14,16-17H2,1-2H3,(H,30,32)/t18-,25-/m0/s1. The Hall–Kier alpha value is -3.18. The zero-order valence-electron chi connectivity index (χ0n) is 19.3. The number of likely N-dealkylation sites (N-methyl/N-ethyl adjacent to an activating group) is 1. The van der Waals surface area contributed by atoms with Crippen LogP contribution in [-0.2, 0) is 22.6 Å². The summed E-state index contributed by atoms with van der Waals surface area (Å²) in [7, 11) is 1.75. The number of nitrogens with one attached hydrogen (secondary N) is 2. The van der Waals surface area contributed by atoms with Crippen molar-refractivity contribution in [3.8, 4) is 0 Å². The third-order valence-electron chi connectivity index (χ3n) is 7.09. The van der Waals surface area contributed by atoms with Crippen molar-refractivity contribution in [3.63, 3.8) is 0 Å². The van der Waals surface area contributed by atoms with Crippen molar-refractivity contribution in [1.82, 2.24) is 10.6 Å². The number of carbonyl (C=O) groups is 2. The van der Waals surface area contributed by atoms with Crippen LogP contribution in [0.4, 0.5) is 5.69 Å². The number of rotatable bonds is 6. The summed E-state index contributed by atoms with van der Waals surface area (Å²) in [6.07, 6.45) is 3.86. The van der Waals surface area contributed by atoms with Gasteiger partial charge in [0.25, 0.3) is 0 Å². The lowest BCUT2D eigenvalue weighted by atomic mass is 9.96. The number of para-hydroxylation sites is 1. The van der Waals surface area contributed by atoms with Gasteiger partial charge in [0.2, 0.25) is 11.8 Å². The molecule has 1 aliphatic heterocycles. The van der Waals surface area contributed by atoms with Crippen LogP contribution < -0.4 is 15.5 Å². The van der Waals surface area contributed by atoms with E-state index in [4.69, 9.17) is 0 Å². The van der Waals surface area contributed by atoms with E-state index in [1.54, 1.807) is 14.0 Å². The molecule has 1 aliphatic carbocycles. The molecule has 0 saturated heterocycles. The van der Waals surface area contributed by atoms with Crippen molar-refractivity contribution < 1.29 is 9.59 Å². The van der Waals surface area contributed by atoms with Gasteiger partial charge in [-0.1, -0.05) is 54.6 Å². The van der Waals surface area contributed by atoms with Crippen LogP contribution in [0.25, 0.3) is 10.8 Å². The van der Waals surface area contributed by atoms with Gasteiger partial charge in [-0.2, -0.15) is 0 Å². The molecule has 2 atom stereocenters. The third-order valence-corrected chi connectivity index (χ3v) is 7.09. The summed E-state index contributed by atoms with van der Waals surface area (Å²) in [6.45, 7) is 2.28. The molecule has 0 aromatic heterocycles. The molecule has 5 heteroatoms. The predicted molar refractivity (Wildman–Crippen MR) is 132 cm³/mol. The number of benzene rings is 3. The van der Waals surface area contributed by atoms with Gasteiger partial charge in [0.1, 0.15) is 6.04 Å². The lowest BCUT2D eigenvalue weighted by molar-refractivity contribution is -0.128. The maximum Gasteiger partial charge on any atom is 0.249 e. The lowest BCUT2D eigenvalue weighted by Crippen LogP contribution is -2.52. The Kier molecular flexibility index (Phi) is 5.90. The Labute approximate surface area is 195 Å². The van der Waals surface area contributed by atoms with Crippen molar-refractivity contribution in [3.05, 3.63) is 77.4 Å². The van der Waals surface area contributed by atoms with Crippen molar-refractivity contribution in [1.29, 1.82) is 0 Å². The van der Waals surface area contributed by atoms with E-state index in [1.165, 1.54) is 29.2 Å². The number of hydrogen-bond acceptors (Lipinski definition) is 3. The SMILES string of the molecule is CN[C@@H](C)C(=O)N[C@H]1CCc2ccccc2N(Cc2ccc(C3CC3)c3ccccc23)C1=O. The van der Waals surface area contributed by atoms with Crippen molar-refractivity contribution in [2.75, 3.05) is 11.9 Å². The molecule has 3 aromatic rings. The topological polar surface area (TPSA) is 61.4 Å². The second-order valence-corrected chi connectivity index (χ2v) is 9.30. The largest absolute Gasteiger partial charge is 0.343 e. The van der Waals surface area contributed by atoms with Gasteiger partial charge in [-0.15, -0.1) is 0 Å². The second kappa shape index (κ2) is 8.99. The van der Waals surface area contributed by atoms with Crippen LogP contribution in [0, 0.1) is 0 Å². The van der Waals surface area contributed by atoms with E-state index in [2.05, 4.69) is 53.1 Å². The number of nitrogens with zero attached hydrogens (tertiary/aromatic N) is 1. The van der Waals surface area contributed by atoms with E-state index in [-0.39, 0.29) is 17.9 Å². The molecule has 5 nitrogen and oxygen atoms in total. The summed E-state index contributed by atoms with van der Waals surface area (Å²) in [5.41, 5.74) is 4.64.